The summed E-state index contributed by atoms with van der Waals surface area (Å²) in [5.74, 6) is 2.83. The Kier molecular flexibility index (Phi) is 3.01. The molecule has 2 aromatic rings. The minimum absolute atomic E-state index is 0.00440. The number of aromatic nitrogens is 1. The number of hydrogen-bond acceptors (Lipinski definition) is 1. The quantitative estimate of drug-likeness (QED) is 0.720. The molecule has 0 spiro atoms. The van der Waals surface area contributed by atoms with E-state index in [4.69, 9.17) is 6.42 Å². The minimum atomic E-state index is 0.00440. The van der Waals surface area contributed by atoms with Crippen LogP contribution in [0.15, 0.2) is 35.1 Å². The summed E-state index contributed by atoms with van der Waals surface area (Å²) in [6.45, 7) is 4.46. The maximum atomic E-state index is 12.3. The lowest BCUT2D eigenvalue weighted by Crippen LogP contribution is -2.24. The van der Waals surface area contributed by atoms with E-state index in [0.717, 1.165) is 16.5 Å². The normalized spacial score (nSPS) is 10.7. The van der Waals surface area contributed by atoms with Gasteiger partial charge in [0.25, 0.3) is 5.56 Å². The fourth-order valence-corrected chi connectivity index (χ4v) is 2.05. The average molecular weight is 225 g/mol. The van der Waals surface area contributed by atoms with Gasteiger partial charge < -0.3 is 4.57 Å². The molecule has 2 heteroatoms. The van der Waals surface area contributed by atoms with Gasteiger partial charge in [0.1, 0.15) is 0 Å². The van der Waals surface area contributed by atoms with Gasteiger partial charge in [0.15, 0.2) is 0 Å². The number of benzene rings is 1. The molecule has 0 radical (unpaired) electrons. The van der Waals surface area contributed by atoms with Crippen LogP contribution in [0.25, 0.3) is 10.8 Å². The Morgan fingerprint density at radius 2 is 2.06 bits per heavy atom. The van der Waals surface area contributed by atoms with Gasteiger partial charge in [0.05, 0.1) is 6.54 Å². The summed E-state index contributed by atoms with van der Waals surface area (Å²) in [5, 5.41) is 1.71. The number of hydrogen-bond donors (Lipinski definition) is 0. The summed E-state index contributed by atoms with van der Waals surface area (Å²) in [6, 6.07) is 9.67. The first-order valence-electron chi connectivity index (χ1n) is 5.71. The van der Waals surface area contributed by atoms with Crippen molar-refractivity contribution in [3.05, 3.63) is 46.4 Å². The van der Waals surface area contributed by atoms with Crippen molar-refractivity contribution < 1.29 is 0 Å². The number of rotatable bonds is 2. The highest BCUT2D eigenvalue weighted by atomic mass is 16.1. The second-order valence-electron chi connectivity index (χ2n) is 4.41. The van der Waals surface area contributed by atoms with E-state index in [2.05, 4.69) is 25.8 Å². The molecule has 0 bridgehead atoms. The smallest absolute Gasteiger partial charge is 0.259 e. The van der Waals surface area contributed by atoms with E-state index in [1.165, 1.54) is 0 Å². The van der Waals surface area contributed by atoms with E-state index in [-0.39, 0.29) is 11.5 Å². The maximum Gasteiger partial charge on any atom is 0.259 e. The van der Waals surface area contributed by atoms with Gasteiger partial charge in [-0.05, 0) is 23.4 Å². The van der Waals surface area contributed by atoms with Crippen molar-refractivity contribution in [3.63, 3.8) is 0 Å². The summed E-state index contributed by atoms with van der Waals surface area (Å²) >= 11 is 0. The largest absolute Gasteiger partial charge is 0.300 e. The molecule has 0 aliphatic carbocycles. The predicted molar refractivity (Wildman–Crippen MR) is 71.1 cm³/mol. The van der Waals surface area contributed by atoms with Gasteiger partial charge in [0, 0.05) is 11.1 Å². The summed E-state index contributed by atoms with van der Waals surface area (Å²) in [5.41, 5.74) is 0.997. The minimum Gasteiger partial charge on any atom is -0.300 e. The van der Waals surface area contributed by atoms with Crippen LogP contribution in [-0.2, 0) is 6.54 Å². The first kappa shape index (κ1) is 11.5. The van der Waals surface area contributed by atoms with Crippen LogP contribution >= 0.6 is 0 Å². The van der Waals surface area contributed by atoms with Gasteiger partial charge in [-0.3, -0.25) is 4.79 Å². The van der Waals surface area contributed by atoms with E-state index in [9.17, 15) is 4.79 Å². The average Bonchev–Trinajstić information content (AvgIpc) is 2.32. The first-order chi connectivity index (χ1) is 8.15. The van der Waals surface area contributed by atoms with Crippen molar-refractivity contribution in [1.29, 1.82) is 0 Å². The van der Waals surface area contributed by atoms with E-state index >= 15 is 0 Å². The van der Waals surface area contributed by atoms with E-state index in [1.54, 1.807) is 4.57 Å². The highest BCUT2D eigenvalue weighted by Crippen LogP contribution is 2.18. The Balaban J connectivity index is 2.85. The molecule has 1 aromatic carbocycles. The van der Waals surface area contributed by atoms with Crippen molar-refractivity contribution in [2.24, 2.45) is 0 Å². The molecule has 2 nitrogen and oxygen atoms in total. The standard InChI is InChI=1S/C15H15NO/c1-4-9-16-14(11(2)3)10-12-7-5-6-8-13(12)15(16)17/h1,5-8,10-11H,9H2,2-3H3. The second-order valence-corrected chi connectivity index (χ2v) is 4.41. The van der Waals surface area contributed by atoms with Crippen LogP contribution < -0.4 is 5.56 Å². The fourth-order valence-electron chi connectivity index (χ4n) is 2.05. The molecular weight excluding hydrogens is 210 g/mol. The molecule has 0 fully saturated rings. The fraction of sp³-hybridized carbons (Fsp3) is 0.267. The second kappa shape index (κ2) is 4.47. The van der Waals surface area contributed by atoms with Crippen LogP contribution in [0.1, 0.15) is 25.5 Å². The maximum absolute atomic E-state index is 12.3. The van der Waals surface area contributed by atoms with Gasteiger partial charge >= 0.3 is 0 Å². The van der Waals surface area contributed by atoms with Gasteiger partial charge in [-0.15, -0.1) is 6.42 Å². The SMILES string of the molecule is C#CCn1c(C(C)C)cc2ccccc2c1=O. The van der Waals surface area contributed by atoms with Crippen LogP contribution in [0.5, 0.6) is 0 Å². The molecule has 0 amide bonds. The highest BCUT2D eigenvalue weighted by molar-refractivity contribution is 5.82. The third-order valence-corrected chi connectivity index (χ3v) is 2.89. The molecule has 0 unspecified atom stereocenters. The van der Waals surface area contributed by atoms with Crippen LogP contribution in [-0.4, -0.2) is 4.57 Å². The van der Waals surface area contributed by atoms with Crippen molar-refractivity contribution in [2.75, 3.05) is 0 Å². The molecule has 1 heterocycles. The van der Waals surface area contributed by atoms with Crippen molar-refractivity contribution in [2.45, 2.75) is 26.3 Å². The van der Waals surface area contributed by atoms with Gasteiger partial charge in [-0.2, -0.15) is 0 Å². The monoisotopic (exact) mass is 225 g/mol. The highest BCUT2D eigenvalue weighted by Gasteiger charge is 2.10. The number of pyridine rings is 1. The Morgan fingerprint density at radius 3 is 2.71 bits per heavy atom. The molecule has 0 atom stereocenters. The van der Waals surface area contributed by atoms with Gasteiger partial charge in [-0.25, -0.2) is 0 Å². The number of fused-ring (bicyclic) bond motifs is 1. The van der Waals surface area contributed by atoms with E-state index < -0.39 is 0 Å². The Bertz CT molecular complexity index is 644. The zero-order valence-electron chi connectivity index (χ0n) is 10.1. The lowest BCUT2D eigenvalue weighted by molar-refractivity contribution is 0.683. The molecule has 2 rings (SSSR count). The Labute approximate surface area is 101 Å². The van der Waals surface area contributed by atoms with Crippen molar-refractivity contribution >= 4 is 10.8 Å². The van der Waals surface area contributed by atoms with E-state index in [0.29, 0.717) is 6.54 Å². The van der Waals surface area contributed by atoms with E-state index in [1.807, 2.05) is 24.3 Å². The molecule has 86 valence electrons. The van der Waals surface area contributed by atoms with Gasteiger partial charge in [-0.1, -0.05) is 38.0 Å². The molecule has 0 saturated heterocycles. The number of nitrogens with zero attached hydrogens (tertiary/aromatic N) is 1. The third-order valence-electron chi connectivity index (χ3n) is 2.89. The topological polar surface area (TPSA) is 22.0 Å². The van der Waals surface area contributed by atoms with Crippen LogP contribution in [0, 0.1) is 12.3 Å². The molecule has 17 heavy (non-hydrogen) atoms. The summed E-state index contributed by atoms with van der Waals surface area (Å²) < 4.78 is 1.69. The lowest BCUT2D eigenvalue weighted by Gasteiger charge is -2.14. The van der Waals surface area contributed by atoms with Crippen LogP contribution in [0.4, 0.5) is 0 Å². The zero-order chi connectivity index (χ0) is 12.4. The molecular formula is C15H15NO. The van der Waals surface area contributed by atoms with Crippen LogP contribution in [0.2, 0.25) is 0 Å². The van der Waals surface area contributed by atoms with Crippen molar-refractivity contribution in [1.82, 2.24) is 4.57 Å². The molecule has 0 aliphatic heterocycles. The summed E-state index contributed by atoms with van der Waals surface area (Å²) in [4.78, 5) is 12.3. The number of terminal acetylenes is 1. The molecule has 0 N–H and O–H groups in total. The Morgan fingerprint density at radius 1 is 1.35 bits per heavy atom. The first-order valence-corrected chi connectivity index (χ1v) is 5.71. The van der Waals surface area contributed by atoms with Crippen LogP contribution in [0.3, 0.4) is 0 Å². The molecule has 0 saturated carbocycles. The molecule has 0 aliphatic rings. The summed E-state index contributed by atoms with van der Waals surface area (Å²) in [6.07, 6.45) is 5.33. The van der Waals surface area contributed by atoms with Gasteiger partial charge in [0.2, 0.25) is 0 Å². The third kappa shape index (κ3) is 1.97. The predicted octanol–water partition coefficient (Wildman–Crippen LogP) is 2.76. The lowest BCUT2D eigenvalue weighted by atomic mass is 10.0. The summed E-state index contributed by atoms with van der Waals surface area (Å²) in [7, 11) is 0. The zero-order valence-corrected chi connectivity index (χ0v) is 10.1. The Hall–Kier alpha value is -2.01. The van der Waals surface area contributed by atoms with Crippen molar-refractivity contribution in [3.8, 4) is 12.3 Å². The molecule has 1 aromatic heterocycles.